The van der Waals surface area contributed by atoms with Crippen LogP contribution in [0.4, 0.5) is 4.39 Å². The van der Waals surface area contributed by atoms with Gasteiger partial charge >= 0.3 is 0 Å². The number of hydrogen-bond acceptors (Lipinski definition) is 3. The predicted molar refractivity (Wildman–Crippen MR) is 48.2 cm³/mol. The normalized spacial score (nSPS) is 30.7. The van der Waals surface area contributed by atoms with Crippen LogP contribution < -0.4 is 0 Å². The van der Waals surface area contributed by atoms with Gasteiger partial charge in [0.2, 0.25) is 0 Å². The summed E-state index contributed by atoms with van der Waals surface area (Å²) in [5.41, 5.74) is 0. The first-order valence-electron chi connectivity index (χ1n) is 4.85. The Morgan fingerprint density at radius 3 is 2.85 bits per heavy atom. The van der Waals surface area contributed by atoms with Crippen molar-refractivity contribution in [2.24, 2.45) is 5.92 Å². The third-order valence-electron chi connectivity index (χ3n) is 2.67. The van der Waals surface area contributed by atoms with E-state index in [1.54, 1.807) is 0 Å². The van der Waals surface area contributed by atoms with Crippen molar-refractivity contribution in [3.8, 4) is 0 Å². The highest BCUT2D eigenvalue weighted by Gasteiger charge is 2.26. The molecular formula is C9H18FNO2. The van der Waals surface area contributed by atoms with Crippen LogP contribution in [0.2, 0.25) is 0 Å². The van der Waals surface area contributed by atoms with Gasteiger partial charge in [-0.1, -0.05) is 0 Å². The summed E-state index contributed by atoms with van der Waals surface area (Å²) in [6, 6.07) is 0. The van der Waals surface area contributed by atoms with Crippen LogP contribution in [0.15, 0.2) is 0 Å². The van der Waals surface area contributed by atoms with Gasteiger partial charge in [0, 0.05) is 25.6 Å². The number of hydrogen-bond donors (Lipinski definition) is 2. The molecule has 1 aliphatic rings. The molecule has 13 heavy (non-hydrogen) atoms. The van der Waals surface area contributed by atoms with E-state index in [4.69, 9.17) is 5.11 Å². The molecule has 0 aromatic rings. The van der Waals surface area contributed by atoms with Crippen molar-refractivity contribution in [1.82, 2.24) is 4.90 Å². The zero-order chi connectivity index (χ0) is 9.68. The van der Waals surface area contributed by atoms with Crippen molar-refractivity contribution in [2.45, 2.75) is 18.9 Å². The molecule has 0 amide bonds. The van der Waals surface area contributed by atoms with E-state index in [0.29, 0.717) is 25.9 Å². The van der Waals surface area contributed by atoms with Crippen molar-refractivity contribution in [1.29, 1.82) is 0 Å². The maximum absolute atomic E-state index is 12.1. The fourth-order valence-electron chi connectivity index (χ4n) is 1.86. The highest BCUT2D eigenvalue weighted by atomic mass is 19.1. The Balaban J connectivity index is 2.33. The lowest BCUT2D eigenvalue weighted by molar-refractivity contribution is 0.0150. The number of nitrogens with zero attached hydrogens (tertiary/aromatic N) is 1. The second kappa shape index (κ2) is 5.52. The number of β-amino-alcohol motifs (C(OH)–C–C–N with tert-alkyl or cyclic N) is 1. The maximum atomic E-state index is 12.1. The topological polar surface area (TPSA) is 43.7 Å². The molecule has 0 saturated carbocycles. The van der Waals surface area contributed by atoms with Crippen LogP contribution in [0.3, 0.4) is 0 Å². The van der Waals surface area contributed by atoms with Crippen LogP contribution in [0.25, 0.3) is 0 Å². The van der Waals surface area contributed by atoms with Gasteiger partial charge in [0.1, 0.15) is 0 Å². The fraction of sp³-hybridized carbons (Fsp3) is 1.00. The Morgan fingerprint density at radius 1 is 1.46 bits per heavy atom. The molecule has 0 radical (unpaired) electrons. The van der Waals surface area contributed by atoms with E-state index in [2.05, 4.69) is 4.90 Å². The van der Waals surface area contributed by atoms with Gasteiger partial charge in [0.05, 0.1) is 19.4 Å². The quantitative estimate of drug-likeness (QED) is 0.658. The maximum Gasteiger partial charge on any atom is 0.0898 e. The Kier molecular flexibility index (Phi) is 4.62. The van der Waals surface area contributed by atoms with E-state index in [1.165, 1.54) is 0 Å². The molecule has 1 rings (SSSR count). The zero-order valence-electron chi connectivity index (χ0n) is 7.82. The van der Waals surface area contributed by atoms with Crippen LogP contribution in [0.5, 0.6) is 0 Å². The van der Waals surface area contributed by atoms with Crippen LogP contribution in [0, 0.1) is 5.92 Å². The minimum absolute atomic E-state index is 0.0466. The summed E-state index contributed by atoms with van der Waals surface area (Å²) in [7, 11) is 0. The summed E-state index contributed by atoms with van der Waals surface area (Å²) in [6.07, 6.45) is 0.777. The van der Waals surface area contributed by atoms with E-state index in [1.807, 2.05) is 0 Å². The molecule has 0 bridgehead atoms. The molecule has 1 aliphatic heterocycles. The number of aliphatic hydroxyl groups is 2. The number of rotatable bonds is 4. The number of piperidine rings is 1. The van der Waals surface area contributed by atoms with Crippen molar-refractivity contribution >= 4 is 0 Å². The fourth-order valence-corrected chi connectivity index (χ4v) is 1.86. The smallest absolute Gasteiger partial charge is 0.0898 e. The molecule has 2 N–H and O–H groups in total. The second-order valence-electron chi connectivity index (χ2n) is 3.62. The van der Waals surface area contributed by atoms with Crippen LogP contribution in [-0.2, 0) is 0 Å². The van der Waals surface area contributed by atoms with Crippen molar-refractivity contribution in [3.05, 3.63) is 0 Å². The molecule has 1 heterocycles. The van der Waals surface area contributed by atoms with E-state index >= 15 is 0 Å². The average molecular weight is 191 g/mol. The summed E-state index contributed by atoms with van der Waals surface area (Å²) >= 11 is 0. The standard InChI is InChI=1S/C9H18FNO2/c10-3-1-8-7-11(5-6-12)4-2-9(8)13/h8-9,12-13H,1-7H2/t8-,9-/m0/s1. The largest absolute Gasteiger partial charge is 0.395 e. The summed E-state index contributed by atoms with van der Waals surface area (Å²) in [4.78, 5) is 2.08. The van der Waals surface area contributed by atoms with Crippen molar-refractivity contribution in [2.75, 3.05) is 32.9 Å². The first-order chi connectivity index (χ1) is 6.27. The number of halogens is 1. The van der Waals surface area contributed by atoms with Crippen LogP contribution >= 0.6 is 0 Å². The predicted octanol–water partition coefficient (Wildman–Crippen LogP) is 0.0211. The Labute approximate surface area is 78.2 Å². The van der Waals surface area contributed by atoms with Gasteiger partial charge in [-0.25, -0.2) is 0 Å². The van der Waals surface area contributed by atoms with Gasteiger partial charge in [-0.2, -0.15) is 0 Å². The Morgan fingerprint density at radius 2 is 2.23 bits per heavy atom. The highest BCUT2D eigenvalue weighted by molar-refractivity contribution is 4.79. The number of aliphatic hydroxyl groups excluding tert-OH is 2. The summed E-state index contributed by atoms with van der Waals surface area (Å²) < 4.78 is 12.1. The number of likely N-dealkylation sites (tertiary alicyclic amines) is 1. The Hall–Kier alpha value is -0.190. The molecule has 78 valence electrons. The highest BCUT2D eigenvalue weighted by Crippen LogP contribution is 2.19. The monoisotopic (exact) mass is 191 g/mol. The SMILES string of the molecule is OCCN1CC[C@H](O)[C@@H](CCF)C1. The molecule has 0 aromatic heterocycles. The van der Waals surface area contributed by atoms with Gasteiger partial charge in [-0.05, 0) is 12.8 Å². The third-order valence-corrected chi connectivity index (χ3v) is 2.67. The first-order valence-corrected chi connectivity index (χ1v) is 4.85. The van der Waals surface area contributed by atoms with Crippen molar-refractivity contribution in [3.63, 3.8) is 0 Å². The van der Waals surface area contributed by atoms with E-state index in [0.717, 1.165) is 6.54 Å². The average Bonchev–Trinajstić information content (AvgIpc) is 2.12. The minimum Gasteiger partial charge on any atom is -0.395 e. The molecule has 0 unspecified atom stereocenters. The van der Waals surface area contributed by atoms with Gasteiger partial charge in [0.15, 0.2) is 0 Å². The summed E-state index contributed by atoms with van der Waals surface area (Å²) in [5, 5.41) is 18.3. The molecular weight excluding hydrogens is 173 g/mol. The third kappa shape index (κ3) is 3.21. The zero-order valence-corrected chi connectivity index (χ0v) is 7.82. The molecule has 0 aliphatic carbocycles. The molecule has 1 saturated heterocycles. The summed E-state index contributed by atoms with van der Waals surface area (Å²) in [5.74, 6) is 0.0466. The van der Waals surface area contributed by atoms with Crippen molar-refractivity contribution < 1.29 is 14.6 Å². The van der Waals surface area contributed by atoms with Crippen LogP contribution in [-0.4, -0.2) is 54.1 Å². The lowest BCUT2D eigenvalue weighted by Gasteiger charge is -2.35. The van der Waals surface area contributed by atoms with E-state index in [9.17, 15) is 9.50 Å². The second-order valence-corrected chi connectivity index (χ2v) is 3.62. The molecule has 0 spiro atoms. The molecule has 1 fully saturated rings. The van der Waals surface area contributed by atoms with Gasteiger partial charge in [-0.3, -0.25) is 4.39 Å². The number of alkyl halides is 1. The van der Waals surface area contributed by atoms with Gasteiger partial charge in [0.25, 0.3) is 0 Å². The Bertz CT molecular complexity index is 146. The lowest BCUT2D eigenvalue weighted by atomic mass is 9.92. The van der Waals surface area contributed by atoms with E-state index in [-0.39, 0.29) is 25.3 Å². The molecule has 0 aromatic carbocycles. The van der Waals surface area contributed by atoms with Crippen LogP contribution in [0.1, 0.15) is 12.8 Å². The van der Waals surface area contributed by atoms with Gasteiger partial charge < -0.3 is 15.1 Å². The van der Waals surface area contributed by atoms with Gasteiger partial charge in [-0.15, -0.1) is 0 Å². The first kappa shape index (κ1) is 10.9. The minimum atomic E-state index is -0.366. The van der Waals surface area contributed by atoms with E-state index < -0.39 is 0 Å². The molecule has 2 atom stereocenters. The lowest BCUT2D eigenvalue weighted by Crippen LogP contribution is -2.44. The molecule has 4 heteroatoms. The molecule has 3 nitrogen and oxygen atoms in total. The summed E-state index contributed by atoms with van der Waals surface area (Å²) in [6.45, 7) is 1.93.